The van der Waals surface area contributed by atoms with Gasteiger partial charge in [0.2, 0.25) is 0 Å². The molecule has 1 nitrogen and oxygen atoms in total. The molecule has 0 aromatic carbocycles. The monoisotopic (exact) mass is 238 g/mol. The fourth-order valence-electron chi connectivity index (χ4n) is 1.80. The topological polar surface area (TPSA) is 20.2 Å². The lowest BCUT2D eigenvalue weighted by molar-refractivity contribution is 0.0835. The van der Waals surface area contributed by atoms with E-state index < -0.39 is 5.60 Å². The third kappa shape index (κ3) is 10.3. The Hall–Kier alpha value is -0.560. The zero-order valence-electron chi connectivity index (χ0n) is 12.7. The molecule has 100 valence electrons. The van der Waals surface area contributed by atoms with Crippen molar-refractivity contribution in [2.75, 3.05) is 0 Å². The van der Waals surface area contributed by atoms with Gasteiger partial charge in [-0.3, -0.25) is 0 Å². The molecular formula is C16H30O. The Balaban J connectivity index is 4.36. The molecule has 0 radical (unpaired) electrons. The summed E-state index contributed by atoms with van der Waals surface area (Å²) in [6, 6.07) is 0. The molecule has 0 saturated carbocycles. The minimum atomic E-state index is -0.592. The van der Waals surface area contributed by atoms with Gasteiger partial charge in [-0.05, 0) is 59.3 Å². The van der Waals surface area contributed by atoms with Crippen LogP contribution in [0.15, 0.2) is 23.3 Å². The smallest absolute Gasteiger partial charge is 0.0626 e. The van der Waals surface area contributed by atoms with Crippen molar-refractivity contribution < 1.29 is 5.11 Å². The highest BCUT2D eigenvalue weighted by atomic mass is 16.3. The Kier molecular flexibility index (Phi) is 6.18. The molecule has 0 saturated heterocycles. The standard InChI is InChI=1S/C16H30O/c1-13(2)8-10-15(4,5)12-14(3)9-11-16(6,7)17/h8-9,17H,10-12H2,1-7H3/b14-9+. The van der Waals surface area contributed by atoms with Crippen molar-refractivity contribution in [2.24, 2.45) is 5.41 Å². The van der Waals surface area contributed by atoms with Crippen molar-refractivity contribution in [3.8, 4) is 0 Å². The van der Waals surface area contributed by atoms with Gasteiger partial charge in [0.15, 0.2) is 0 Å². The molecule has 1 N–H and O–H groups in total. The third-order valence-electron chi connectivity index (χ3n) is 2.77. The highest BCUT2D eigenvalue weighted by Crippen LogP contribution is 2.30. The number of allylic oxidation sites excluding steroid dienone is 3. The summed E-state index contributed by atoms with van der Waals surface area (Å²) >= 11 is 0. The molecule has 0 aliphatic heterocycles. The lowest BCUT2D eigenvalue weighted by Gasteiger charge is -2.24. The molecule has 0 fully saturated rings. The molecular weight excluding hydrogens is 208 g/mol. The molecule has 0 aromatic heterocycles. The van der Waals surface area contributed by atoms with Crippen LogP contribution in [0, 0.1) is 5.41 Å². The average molecular weight is 238 g/mol. The Morgan fingerprint density at radius 3 is 1.88 bits per heavy atom. The molecule has 0 aliphatic carbocycles. The average Bonchev–Trinajstić information content (AvgIpc) is 2.10. The summed E-state index contributed by atoms with van der Waals surface area (Å²) in [7, 11) is 0. The first kappa shape index (κ1) is 16.4. The van der Waals surface area contributed by atoms with Crippen LogP contribution in [-0.2, 0) is 0 Å². The van der Waals surface area contributed by atoms with Crippen LogP contribution in [0.3, 0.4) is 0 Å². The van der Waals surface area contributed by atoms with Crippen LogP contribution in [0.2, 0.25) is 0 Å². The van der Waals surface area contributed by atoms with Gasteiger partial charge in [0.1, 0.15) is 0 Å². The number of rotatable bonds is 6. The Labute approximate surface area is 108 Å². The molecule has 0 unspecified atom stereocenters. The first-order chi connectivity index (χ1) is 7.52. The van der Waals surface area contributed by atoms with Crippen LogP contribution in [0.4, 0.5) is 0 Å². The summed E-state index contributed by atoms with van der Waals surface area (Å²) in [6.45, 7) is 14.8. The van der Waals surface area contributed by atoms with Crippen LogP contribution < -0.4 is 0 Å². The Bertz CT molecular complexity index is 283. The summed E-state index contributed by atoms with van der Waals surface area (Å²) in [5, 5.41) is 9.69. The summed E-state index contributed by atoms with van der Waals surface area (Å²) in [6.07, 6.45) is 7.42. The largest absolute Gasteiger partial charge is 0.390 e. The van der Waals surface area contributed by atoms with Crippen molar-refractivity contribution in [3.05, 3.63) is 23.3 Å². The fourth-order valence-corrected chi connectivity index (χ4v) is 1.80. The van der Waals surface area contributed by atoms with Gasteiger partial charge >= 0.3 is 0 Å². The zero-order valence-corrected chi connectivity index (χ0v) is 12.7. The number of aliphatic hydroxyl groups is 1. The molecule has 1 heteroatoms. The van der Waals surface area contributed by atoms with Crippen LogP contribution in [0.25, 0.3) is 0 Å². The molecule has 0 heterocycles. The van der Waals surface area contributed by atoms with Gasteiger partial charge < -0.3 is 5.11 Å². The summed E-state index contributed by atoms with van der Waals surface area (Å²) in [5.41, 5.74) is 2.47. The SMILES string of the molecule is CC(C)=CCC(C)(C)C/C(C)=C/CC(C)(C)O. The summed E-state index contributed by atoms with van der Waals surface area (Å²) < 4.78 is 0. The minimum absolute atomic E-state index is 0.303. The second-order valence-corrected chi connectivity index (χ2v) is 6.89. The van der Waals surface area contributed by atoms with E-state index >= 15 is 0 Å². The van der Waals surface area contributed by atoms with Crippen LogP contribution >= 0.6 is 0 Å². The maximum Gasteiger partial charge on any atom is 0.0626 e. The lowest BCUT2D eigenvalue weighted by Crippen LogP contribution is -2.17. The van der Waals surface area contributed by atoms with E-state index in [1.165, 1.54) is 11.1 Å². The number of hydrogen-bond donors (Lipinski definition) is 1. The predicted octanol–water partition coefficient (Wildman–Crippen LogP) is 4.87. The van der Waals surface area contributed by atoms with Crippen molar-refractivity contribution in [1.82, 2.24) is 0 Å². The predicted molar refractivity (Wildman–Crippen MR) is 77.1 cm³/mol. The minimum Gasteiger partial charge on any atom is -0.390 e. The Morgan fingerprint density at radius 1 is 0.941 bits per heavy atom. The van der Waals surface area contributed by atoms with Crippen molar-refractivity contribution in [2.45, 2.75) is 73.3 Å². The van der Waals surface area contributed by atoms with Crippen LogP contribution in [0.5, 0.6) is 0 Å². The van der Waals surface area contributed by atoms with E-state index in [9.17, 15) is 5.11 Å². The van der Waals surface area contributed by atoms with Gasteiger partial charge in [-0.25, -0.2) is 0 Å². The van der Waals surface area contributed by atoms with E-state index in [0.717, 1.165) is 19.3 Å². The van der Waals surface area contributed by atoms with Crippen LogP contribution in [0.1, 0.15) is 67.7 Å². The first-order valence-corrected chi connectivity index (χ1v) is 6.53. The molecule has 0 aliphatic rings. The van der Waals surface area contributed by atoms with Crippen molar-refractivity contribution in [1.29, 1.82) is 0 Å². The zero-order chi connectivity index (χ0) is 13.7. The molecule has 17 heavy (non-hydrogen) atoms. The van der Waals surface area contributed by atoms with E-state index in [0.29, 0.717) is 5.41 Å². The molecule has 0 amide bonds. The van der Waals surface area contributed by atoms with Gasteiger partial charge in [-0.15, -0.1) is 0 Å². The Morgan fingerprint density at radius 2 is 1.47 bits per heavy atom. The van der Waals surface area contributed by atoms with Crippen molar-refractivity contribution >= 4 is 0 Å². The maximum absolute atomic E-state index is 9.69. The molecule has 0 rings (SSSR count). The second kappa shape index (κ2) is 6.39. The van der Waals surface area contributed by atoms with Gasteiger partial charge in [-0.2, -0.15) is 0 Å². The maximum atomic E-state index is 9.69. The summed E-state index contributed by atoms with van der Waals surface area (Å²) in [5.74, 6) is 0. The van der Waals surface area contributed by atoms with Crippen molar-refractivity contribution in [3.63, 3.8) is 0 Å². The van der Waals surface area contributed by atoms with Crippen LogP contribution in [-0.4, -0.2) is 10.7 Å². The van der Waals surface area contributed by atoms with E-state index in [4.69, 9.17) is 0 Å². The molecule has 0 spiro atoms. The third-order valence-corrected chi connectivity index (χ3v) is 2.77. The van der Waals surface area contributed by atoms with E-state index in [2.05, 4.69) is 46.8 Å². The lowest BCUT2D eigenvalue weighted by atomic mass is 9.82. The molecule has 0 atom stereocenters. The highest BCUT2D eigenvalue weighted by Gasteiger charge is 2.17. The van der Waals surface area contributed by atoms with Gasteiger partial charge in [0.25, 0.3) is 0 Å². The van der Waals surface area contributed by atoms with Gasteiger partial charge in [0, 0.05) is 0 Å². The first-order valence-electron chi connectivity index (χ1n) is 6.53. The van der Waals surface area contributed by atoms with E-state index in [1.54, 1.807) is 0 Å². The van der Waals surface area contributed by atoms with Gasteiger partial charge in [0.05, 0.1) is 5.60 Å². The molecule has 0 aromatic rings. The quantitative estimate of drug-likeness (QED) is 0.655. The highest BCUT2D eigenvalue weighted by molar-refractivity contribution is 5.05. The summed E-state index contributed by atoms with van der Waals surface area (Å²) in [4.78, 5) is 0. The fraction of sp³-hybridized carbons (Fsp3) is 0.750. The van der Waals surface area contributed by atoms with Gasteiger partial charge in [-0.1, -0.05) is 37.1 Å². The van der Waals surface area contributed by atoms with E-state index in [-0.39, 0.29) is 0 Å². The normalized spacial score (nSPS) is 13.8. The molecule has 0 bridgehead atoms. The second-order valence-electron chi connectivity index (χ2n) is 6.89. The van der Waals surface area contributed by atoms with E-state index in [1.807, 2.05) is 13.8 Å². The number of hydrogen-bond acceptors (Lipinski definition) is 1.